The number of amides is 1. The summed E-state index contributed by atoms with van der Waals surface area (Å²) in [6.07, 6.45) is 2.62. The summed E-state index contributed by atoms with van der Waals surface area (Å²) in [6, 6.07) is 6.86. The Bertz CT molecular complexity index is 770. The standard InChI is InChI=1S/C17H18N4O2/c1-17(2,3)23-16(22)21-15-11-12(8-10-20-15)6-7-14-13(18)5-4-9-19-14/h4-5,8-11H,18H2,1-3H3,(H,20,21,22). The molecule has 0 unspecified atom stereocenters. The van der Waals surface area contributed by atoms with Crippen molar-refractivity contribution in [2.24, 2.45) is 0 Å². The van der Waals surface area contributed by atoms with Crippen LogP contribution in [0.25, 0.3) is 0 Å². The fourth-order valence-electron chi connectivity index (χ4n) is 1.64. The molecule has 0 spiro atoms. The third-order valence-corrected chi connectivity index (χ3v) is 2.55. The van der Waals surface area contributed by atoms with Gasteiger partial charge < -0.3 is 10.5 Å². The first-order valence-corrected chi connectivity index (χ1v) is 7.02. The molecule has 0 radical (unpaired) electrons. The highest BCUT2D eigenvalue weighted by atomic mass is 16.6. The SMILES string of the molecule is CC(C)(C)OC(=O)Nc1cc(C#Cc2ncccc2N)ccn1. The highest BCUT2D eigenvalue weighted by Gasteiger charge is 2.16. The number of nitrogens with one attached hydrogen (secondary N) is 1. The first-order chi connectivity index (χ1) is 10.8. The van der Waals surface area contributed by atoms with Crippen LogP contribution in [0, 0.1) is 11.8 Å². The number of hydrogen-bond donors (Lipinski definition) is 2. The zero-order valence-electron chi connectivity index (χ0n) is 13.3. The number of nitrogens with two attached hydrogens (primary N) is 1. The molecule has 0 aliphatic carbocycles. The Balaban J connectivity index is 2.12. The maximum atomic E-state index is 11.7. The molecule has 0 saturated heterocycles. The van der Waals surface area contributed by atoms with Gasteiger partial charge in [0.05, 0.1) is 5.69 Å². The van der Waals surface area contributed by atoms with Crippen LogP contribution in [0.15, 0.2) is 36.7 Å². The van der Waals surface area contributed by atoms with E-state index < -0.39 is 11.7 Å². The largest absolute Gasteiger partial charge is 0.444 e. The molecule has 0 saturated carbocycles. The molecule has 6 nitrogen and oxygen atoms in total. The summed E-state index contributed by atoms with van der Waals surface area (Å²) < 4.78 is 5.17. The van der Waals surface area contributed by atoms with E-state index in [0.29, 0.717) is 22.8 Å². The lowest BCUT2D eigenvalue weighted by atomic mass is 10.2. The Hall–Kier alpha value is -3.07. The van der Waals surface area contributed by atoms with Crippen molar-refractivity contribution in [1.29, 1.82) is 0 Å². The van der Waals surface area contributed by atoms with E-state index in [9.17, 15) is 4.79 Å². The Morgan fingerprint density at radius 3 is 2.70 bits per heavy atom. The summed E-state index contributed by atoms with van der Waals surface area (Å²) >= 11 is 0. The van der Waals surface area contributed by atoms with Crippen LogP contribution in [0.1, 0.15) is 32.0 Å². The fourth-order valence-corrected chi connectivity index (χ4v) is 1.64. The van der Waals surface area contributed by atoms with Gasteiger partial charge >= 0.3 is 6.09 Å². The van der Waals surface area contributed by atoms with Crippen LogP contribution in [0.3, 0.4) is 0 Å². The smallest absolute Gasteiger partial charge is 0.413 e. The number of rotatable bonds is 1. The van der Waals surface area contributed by atoms with Crippen molar-refractivity contribution >= 4 is 17.6 Å². The van der Waals surface area contributed by atoms with Gasteiger partial charge in [-0.3, -0.25) is 5.32 Å². The molecule has 0 aliphatic rings. The van der Waals surface area contributed by atoms with Gasteiger partial charge in [-0.25, -0.2) is 14.8 Å². The van der Waals surface area contributed by atoms with Crippen LogP contribution in [-0.4, -0.2) is 21.7 Å². The lowest BCUT2D eigenvalue weighted by Gasteiger charge is -2.19. The van der Waals surface area contributed by atoms with E-state index in [2.05, 4.69) is 27.1 Å². The van der Waals surface area contributed by atoms with Crippen molar-refractivity contribution < 1.29 is 9.53 Å². The lowest BCUT2D eigenvalue weighted by Crippen LogP contribution is -2.27. The number of hydrogen-bond acceptors (Lipinski definition) is 5. The number of nitrogens with zero attached hydrogens (tertiary/aromatic N) is 2. The average Bonchev–Trinajstić information content (AvgIpc) is 2.45. The van der Waals surface area contributed by atoms with Crippen molar-refractivity contribution in [1.82, 2.24) is 9.97 Å². The van der Waals surface area contributed by atoms with Crippen LogP contribution in [0.5, 0.6) is 0 Å². The van der Waals surface area contributed by atoms with Gasteiger partial charge in [-0.15, -0.1) is 0 Å². The molecule has 6 heteroatoms. The van der Waals surface area contributed by atoms with E-state index >= 15 is 0 Å². The molecule has 2 heterocycles. The number of ether oxygens (including phenoxy) is 1. The topological polar surface area (TPSA) is 90.1 Å². The monoisotopic (exact) mass is 310 g/mol. The van der Waals surface area contributed by atoms with E-state index in [1.54, 1.807) is 57.4 Å². The van der Waals surface area contributed by atoms with Crippen molar-refractivity contribution in [3.8, 4) is 11.8 Å². The quantitative estimate of drug-likeness (QED) is 0.790. The van der Waals surface area contributed by atoms with Gasteiger partial charge in [0.25, 0.3) is 0 Å². The molecule has 1 amide bonds. The first-order valence-electron chi connectivity index (χ1n) is 7.02. The molecule has 0 aliphatic heterocycles. The van der Waals surface area contributed by atoms with Crippen LogP contribution in [-0.2, 0) is 4.74 Å². The van der Waals surface area contributed by atoms with Gasteiger partial charge in [0, 0.05) is 18.0 Å². The van der Waals surface area contributed by atoms with E-state index in [1.807, 2.05) is 0 Å². The number of carbonyl (C=O) groups is 1. The first kappa shape index (κ1) is 16.3. The molecule has 2 aromatic heterocycles. The lowest BCUT2D eigenvalue weighted by molar-refractivity contribution is 0.0635. The minimum Gasteiger partial charge on any atom is -0.444 e. The third-order valence-electron chi connectivity index (χ3n) is 2.55. The normalized spacial score (nSPS) is 10.4. The summed E-state index contributed by atoms with van der Waals surface area (Å²) in [4.78, 5) is 19.9. The zero-order valence-corrected chi connectivity index (χ0v) is 13.3. The summed E-state index contributed by atoms with van der Waals surface area (Å²) in [5.74, 6) is 6.19. The van der Waals surface area contributed by atoms with Crippen LogP contribution in [0.2, 0.25) is 0 Å². The molecular weight excluding hydrogens is 292 g/mol. The van der Waals surface area contributed by atoms with Gasteiger partial charge in [-0.05, 0) is 51.0 Å². The third kappa shape index (κ3) is 5.32. The summed E-state index contributed by atoms with van der Waals surface area (Å²) in [7, 11) is 0. The molecule has 2 rings (SSSR count). The summed E-state index contributed by atoms with van der Waals surface area (Å²) in [6.45, 7) is 5.37. The molecular formula is C17H18N4O2. The number of nitrogen functional groups attached to an aromatic ring is 1. The Morgan fingerprint density at radius 2 is 2.00 bits per heavy atom. The van der Waals surface area contributed by atoms with E-state index in [4.69, 9.17) is 10.5 Å². The van der Waals surface area contributed by atoms with Gasteiger partial charge in [-0.2, -0.15) is 0 Å². The number of anilines is 2. The van der Waals surface area contributed by atoms with Crippen molar-refractivity contribution in [2.45, 2.75) is 26.4 Å². The highest BCUT2D eigenvalue weighted by molar-refractivity contribution is 5.83. The van der Waals surface area contributed by atoms with Gasteiger partial charge in [0.15, 0.2) is 0 Å². The second-order valence-corrected chi connectivity index (χ2v) is 5.75. The van der Waals surface area contributed by atoms with Gasteiger partial charge in [-0.1, -0.05) is 5.92 Å². The second-order valence-electron chi connectivity index (χ2n) is 5.75. The summed E-state index contributed by atoms with van der Waals surface area (Å²) in [5.41, 5.74) is 6.91. The van der Waals surface area contributed by atoms with Crippen LogP contribution < -0.4 is 11.1 Å². The van der Waals surface area contributed by atoms with Gasteiger partial charge in [0.2, 0.25) is 0 Å². The van der Waals surface area contributed by atoms with Gasteiger partial charge in [0.1, 0.15) is 17.1 Å². The molecule has 0 bridgehead atoms. The predicted octanol–water partition coefficient (Wildman–Crippen LogP) is 2.81. The Kier molecular flexibility index (Phi) is 4.82. The van der Waals surface area contributed by atoms with Crippen molar-refractivity contribution in [3.63, 3.8) is 0 Å². The molecule has 118 valence electrons. The number of aromatic nitrogens is 2. The van der Waals surface area contributed by atoms with E-state index in [0.717, 1.165) is 0 Å². The molecule has 23 heavy (non-hydrogen) atoms. The van der Waals surface area contributed by atoms with E-state index in [-0.39, 0.29) is 0 Å². The maximum absolute atomic E-state index is 11.7. The highest BCUT2D eigenvalue weighted by Crippen LogP contribution is 2.11. The average molecular weight is 310 g/mol. The number of carbonyl (C=O) groups excluding carboxylic acids is 1. The Morgan fingerprint density at radius 1 is 1.22 bits per heavy atom. The fraction of sp³-hybridized carbons (Fsp3) is 0.235. The Labute approximate surface area is 135 Å². The van der Waals surface area contributed by atoms with Crippen LogP contribution >= 0.6 is 0 Å². The zero-order chi connectivity index (χ0) is 16.9. The predicted molar refractivity (Wildman–Crippen MR) is 88.7 cm³/mol. The molecule has 0 aromatic carbocycles. The molecule has 0 fully saturated rings. The second kappa shape index (κ2) is 6.79. The van der Waals surface area contributed by atoms with Crippen molar-refractivity contribution in [3.05, 3.63) is 47.9 Å². The number of pyridine rings is 2. The van der Waals surface area contributed by atoms with Crippen molar-refractivity contribution in [2.75, 3.05) is 11.1 Å². The summed E-state index contributed by atoms with van der Waals surface area (Å²) in [5, 5.41) is 2.57. The molecule has 3 N–H and O–H groups in total. The molecule has 0 atom stereocenters. The van der Waals surface area contributed by atoms with Crippen LogP contribution in [0.4, 0.5) is 16.3 Å². The minimum absolute atomic E-state index is 0.361. The van der Waals surface area contributed by atoms with E-state index in [1.165, 1.54) is 0 Å². The maximum Gasteiger partial charge on any atom is 0.413 e. The molecule has 2 aromatic rings. The minimum atomic E-state index is -0.571.